The van der Waals surface area contributed by atoms with Crippen molar-refractivity contribution in [2.75, 3.05) is 26.2 Å². The van der Waals surface area contributed by atoms with E-state index in [1.807, 2.05) is 13.8 Å². The van der Waals surface area contributed by atoms with Gasteiger partial charge in [-0.25, -0.2) is 0 Å². The molecule has 4 nitrogen and oxygen atoms in total. The van der Waals surface area contributed by atoms with E-state index in [1.54, 1.807) is 0 Å². The number of carbonyl (C=O) groups is 1. The molecule has 1 amide bonds. The summed E-state index contributed by atoms with van der Waals surface area (Å²) in [5.74, 6) is 1.00. The second kappa shape index (κ2) is 10.2. The van der Waals surface area contributed by atoms with Gasteiger partial charge >= 0.3 is 0 Å². The monoisotopic (exact) mass is 300 g/mol. The minimum absolute atomic E-state index is 0. The molecular formula is C17H36N2O2. The Bertz CT molecular complexity index is 290. The van der Waals surface area contributed by atoms with Gasteiger partial charge < -0.3 is 10.1 Å². The van der Waals surface area contributed by atoms with Crippen molar-refractivity contribution in [3.63, 3.8) is 0 Å². The average molecular weight is 300 g/mol. The van der Waals surface area contributed by atoms with Gasteiger partial charge in [0.15, 0.2) is 0 Å². The number of hydrogen-bond acceptors (Lipinski definition) is 3. The van der Waals surface area contributed by atoms with Gasteiger partial charge in [-0.15, -0.1) is 0 Å². The number of ether oxygens (including phenoxy) is 1. The highest BCUT2D eigenvalue weighted by Gasteiger charge is 2.20. The smallest absolute Gasteiger partial charge is 0.234 e. The van der Waals surface area contributed by atoms with Gasteiger partial charge in [-0.05, 0) is 66.0 Å². The SMILES string of the molecule is CC(C)NC(=O)CN1CCC(CCCCOC(C)C)CC1.[HH]. The molecule has 0 unspecified atom stereocenters. The van der Waals surface area contributed by atoms with Gasteiger partial charge in [0, 0.05) is 14.1 Å². The Balaban J connectivity index is 0.00000441. The molecule has 0 aromatic carbocycles. The number of carbonyl (C=O) groups excluding carboxylic acids is 1. The molecule has 1 aliphatic heterocycles. The maximum atomic E-state index is 11.7. The highest BCUT2D eigenvalue weighted by molar-refractivity contribution is 5.78. The summed E-state index contributed by atoms with van der Waals surface area (Å²) in [5.41, 5.74) is 0. The highest BCUT2D eigenvalue weighted by Crippen LogP contribution is 2.22. The van der Waals surface area contributed by atoms with E-state index in [2.05, 4.69) is 24.1 Å². The molecule has 0 spiro atoms. The predicted octanol–water partition coefficient (Wildman–Crippen LogP) is 3.06. The third-order valence-electron chi connectivity index (χ3n) is 3.98. The molecule has 4 heteroatoms. The molecule has 126 valence electrons. The third-order valence-corrected chi connectivity index (χ3v) is 3.98. The first kappa shape index (κ1) is 18.4. The summed E-state index contributed by atoms with van der Waals surface area (Å²) in [7, 11) is 0. The minimum atomic E-state index is 0. The second-order valence-corrected chi connectivity index (χ2v) is 6.86. The lowest BCUT2D eigenvalue weighted by Crippen LogP contribution is -2.43. The van der Waals surface area contributed by atoms with Crippen LogP contribution >= 0.6 is 0 Å². The zero-order valence-corrected chi connectivity index (χ0v) is 14.4. The first-order valence-electron chi connectivity index (χ1n) is 8.60. The van der Waals surface area contributed by atoms with Gasteiger partial charge in [-0.1, -0.05) is 12.8 Å². The lowest BCUT2D eigenvalue weighted by Gasteiger charge is -2.31. The fraction of sp³-hybridized carbons (Fsp3) is 0.941. The Hall–Kier alpha value is -0.610. The molecule has 0 bridgehead atoms. The molecule has 1 rings (SSSR count). The molecule has 1 N–H and O–H groups in total. The van der Waals surface area contributed by atoms with Crippen LogP contribution < -0.4 is 5.32 Å². The lowest BCUT2D eigenvalue weighted by atomic mass is 9.91. The Morgan fingerprint density at radius 2 is 1.90 bits per heavy atom. The summed E-state index contributed by atoms with van der Waals surface area (Å²) in [6.07, 6.45) is 6.58. The standard InChI is InChI=1S/C17H34N2O2.H2/c1-14(2)18-17(20)13-19-10-8-16(9-11-19)7-5-6-12-21-15(3)4;/h14-16H,5-13H2,1-4H3,(H,18,20);1H. The van der Waals surface area contributed by atoms with Gasteiger partial charge in [0.1, 0.15) is 0 Å². The summed E-state index contributed by atoms with van der Waals surface area (Å²) >= 11 is 0. The van der Waals surface area contributed by atoms with E-state index in [4.69, 9.17) is 4.74 Å². The second-order valence-electron chi connectivity index (χ2n) is 6.86. The van der Waals surface area contributed by atoms with Crippen molar-refractivity contribution in [3.05, 3.63) is 0 Å². The molecule has 1 fully saturated rings. The molecule has 0 aliphatic carbocycles. The van der Waals surface area contributed by atoms with Crippen LogP contribution in [0.4, 0.5) is 0 Å². The molecule has 21 heavy (non-hydrogen) atoms. The van der Waals surface area contributed by atoms with Crippen LogP contribution in [0.25, 0.3) is 0 Å². The van der Waals surface area contributed by atoms with Crippen LogP contribution in [-0.2, 0) is 9.53 Å². The van der Waals surface area contributed by atoms with Gasteiger partial charge in [-0.3, -0.25) is 9.69 Å². The number of unbranched alkanes of at least 4 members (excludes halogenated alkanes) is 1. The van der Waals surface area contributed by atoms with Crippen molar-refractivity contribution in [2.45, 2.75) is 71.9 Å². The highest BCUT2D eigenvalue weighted by atomic mass is 16.5. The van der Waals surface area contributed by atoms with Crippen molar-refractivity contribution >= 4 is 5.91 Å². The van der Waals surface area contributed by atoms with Crippen LogP contribution in [0.5, 0.6) is 0 Å². The number of amides is 1. The molecule has 0 aromatic heterocycles. The fourth-order valence-corrected chi connectivity index (χ4v) is 2.86. The zero-order chi connectivity index (χ0) is 15.7. The molecule has 1 aliphatic rings. The molecule has 1 heterocycles. The van der Waals surface area contributed by atoms with Gasteiger partial charge in [0.25, 0.3) is 0 Å². The average Bonchev–Trinajstić information content (AvgIpc) is 2.39. The van der Waals surface area contributed by atoms with Crippen LogP contribution in [0, 0.1) is 5.92 Å². The molecule has 0 aromatic rings. The van der Waals surface area contributed by atoms with Gasteiger partial charge in [-0.2, -0.15) is 0 Å². The van der Waals surface area contributed by atoms with Crippen LogP contribution in [0.15, 0.2) is 0 Å². The number of piperidine rings is 1. The first-order valence-corrected chi connectivity index (χ1v) is 8.60. The normalized spacial score (nSPS) is 17.6. The summed E-state index contributed by atoms with van der Waals surface area (Å²) < 4.78 is 5.57. The third kappa shape index (κ3) is 9.10. The first-order chi connectivity index (χ1) is 9.97. The maximum absolute atomic E-state index is 11.7. The van der Waals surface area contributed by atoms with Crippen molar-refractivity contribution in [3.8, 4) is 0 Å². The van der Waals surface area contributed by atoms with E-state index >= 15 is 0 Å². The van der Waals surface area contributed by atoms with E-state index in [-0.39, 0.29) is 13.4 Å². The largest absolute Gasteiger partial charge is 0.379 e. The van der Waals surface area contributed by atoms with Crippen LogP contribution in [-0.4, -0.2) is 49.2 Å². The number of likely N-dealkylation sites (tertiary alicyclic amines) is 1. The number of rotatable bonds is 9. The fourth-order valence-electron chi connectivity index (χ4n) is 2.86. The summed E-state index contributed by atoms with van der Waals surface area (Å²) in [5, 5.41) is 2.96. The van der Waals surface area contributed by atoms with Crippen LogP contribution in [0.3, 0.4) is 0 Å². The Morgan fingerprint density at radius 1 is 1.24 bits per heavy atom. The Morgan fingerprint density at radius 3 is 2.48 bits per heavy atom. The van der Waals surface area contributed by atoms with Crippen LogP contribution in [0.1, 0.15) is 61.2 Å². The zero-order valence-electron chi connectivity index (χ0n) is 14.4. The molecular weight excluding hydrogens is 264 g/mol. The topological polar surface area (TPSA) is 41.6 Å². The summed E-state index contributed by atoms with van der Waals surface area (Å²) in [6.45, 7) is 11.8. The van der Waals surface area contributed by atoms with Crippen molar-refractivity contribution in [1.29, 1.82) is 0 Å². The van der Waals surface area contributed by atoms with Crippen LogP contribution in [0.2, 0.25) is 0 Å². The summed E-state index contributed by atoms with van der Waals surface area (Å²) in [4.78, 5) is 14.0. The predicted molar refractivity (Wildman–Crippen MR) is 89.5 cm³/mol. The van der Waals surface area contributed by atoms with E-state index in [0.29, 0.717) is 12.6 Å². The van der Waals surface area contributed by atoms with Gasteiger partial charge in [0.05, 0.1) is 12.6 Å². The number of hydrogen-bond donors (Lipinski definition) is 1. The number of nitrogens with zero attached hydrogens (tertiary/aromatic N) is 1. The van der Waals surface area contributed by atoms with Crippen molar-refractivity contribution in [1.82, 2.24) is 10.2 Å². The Kier molecular flexibility index (Phi) is 8.93. The van der Waals surface area contributed by atoms with E-state index < -0.39 is 0 Å². The number of nitrogens with one attached hydrogen (secondary N) is 1. The molecule has 0 saturated carbocycles. The van der Waals surface area contributed by atoms with E-state index in [9.17, 15) is 4.79 Å². The van der Waals surface area contributed by atoms with Crippen molar-refractivity contribution < 1.29 is 11.0 Å². The quantitative estimate of drug-likeness (QED) is 0.665. The lowest BCUT2D eigenvalue weighted by molar-refractivity contribution is -0.123. The van der Waals surface area contributed by atoms with Crippen molar-refractivity contribution in [2.24, 2.45) is 5.92 Å². The van der Waals surface area contributed by atoms with Gasteiger partial charge in [0.2, 0.25) is 5.91 Å². The molecule has 0 radical (unpaired) electrons. The molecule has 1 saturated heterocycles. The maximum Gasteiger partial charge on any atom is 0.234 e. The summed E-state index contributed by atoms with van der Waals surface area (Å²) in [6, 6.07) is 0.239. The Labute approximate surface area is 132 Å². The molecule has 0 atom stereocenters. The van der Waals surface area contributed by atoms with E-state index in [0.717, 1.165) is 25.6 Å². The minimum Gasteiger partial charge on any atom is -0.379 e. The van der Waals surface area contributed by atoms with E-state index in [1.165, 1.54) is 32.1 Å².